The van der Waals surface area contributed by atoms with Crippen LogP contribution in [0.15, 0.2) is 11.6 Å². The average Bonchev–Trinajstić information content (AvgIpc) is 2.16. The maximum absolute atomic E-state index is 10.7. The third-order valence-corrected chi connectivity index (χ3v) is 2.63. The Balaban J connectivity index is 2.60. The fourth-order valence-electron chi connectivity index (χ4n) is 1.58. The zero-order chi connectivity index (χ0) is 9.84. The average molecular weight is 183 g/mol. The molecular formula is C10H17NO2. The first-order valence-corrected chi connectivity index (χ1v) is 4.79. The maximum atomic E-state index is 10.7. The van der Waals surface area contributed by atoms with E-state index in [9.17, 15) is 4.79 Å². The summed E-state index contributed by atoms with van der Waals surface area (Å²) in [5, 5.41) is 8.83. The Morgan fingerprint density at radius 3 is 3.00 bits per heavy atom. The molecule has 1 rings (SSSR count). The minimum atomic E-state index is -0.718. The monoisotopic (exact) mass is 183 g/mol. The first-order chi connectivity index (χ1) is 6.15. The molecule has 0 aromatic heterocycles. The summed E-state index contributed by atoms with van der Waals surface area (Å²) in [6.07, 6.45) is 3.06. The fraction of sp³-hybridized carbons (Fsp3) is 0.700. The molecule has 0 radical (unpaired) electrons. The van der Waals surface area contributed by atoms with Gasteiger partial charge in [-0.15, -0.1) is 0 Å². The van der Waals surface area contributed by atoms with Crippen LogP contribution in [0.1, 0.15) is 20.3 Å². The summed E-state index contributed by atoms with van der Waals surface area (Å²) in [4.78, 5) is 13.0. The molecule has 0 spiro atoms. The van der Waals surface area contributed by atoms with Gasteiger partial charge in [0.25, 0.3) is 0 Å². The molecule has 1 heterocycles. The van der Waals surface area contributed by atoms with Crippen molar-refractivity contribution < 1.29 is 9.90 Å². The Morgan fingerprint density at radius 1 is 1.77 bits per heavy atom. The minimum Gasteiger partial charge on any atom is -0.481 e. The van der Waals surface area contributed by atoms with Crippen molar-refractivity contribution in [2.45, 2.75) is 20.3 Å². The van der Waals surface area contributed by atoms with E-state index in [1.807, 2.05) is 0 Å². The molecule has 0 fully saturated rings. The number of nitrogens with zero attached hydrogens (tertiary/aromatic N) is 1. The van der Waals surface area contributed by atoms with Crippen molar-refractivity contribution in [1.82, 2.24) is 4.90 Å². The number of carboxylic acids is 1. The predicted octanol–water partition coefficient (Wildman–Crippen LogP) is 1.36. The topological polar surface area (TPSA) is 40.5 Å². The zero-order valence-electron chi connectivity index (χ0n) is 8.29. The lowest BCUT2D eigenvalue weighted by molar-refractivity contribution is -0.139. The quantitative estimate of drug-likeness (QED) is 0.672. The van der Waals surface area contributed by atoms with E-state index in [0.29, 0.717) is 0 Å². The number of rotatable bonds is 3. The maximum Gasteiger partial charge on any atom is 0.310 e. The number of carbonyl (C=O) groups is 1. The molecule has 0 amide bonds. The highest BCUT2D eigenvalue weighted by atomic mass is 16.4. The summed E-state index contributed by atoms with van der Waals surface area (Å²) in [6.45, 7) is 6.75. The van der Waals surface area contributed by atoms with Crippen LogP contribution >= 0.6 is 0 Å². The number of aliphatic carboxylic acids is 1. The van der Waals surface area contributed by atoms with Crippen molar-refractivity contribution in [2.24, 2.45) is 5.92 Å². The highest BCUT2D eigenvalue weighted by molar-refractivity contribution is 5.73. The smallest absolute Gasteiger partial charge is 0.310 e. The zero-order valence-corrected chi connectivity index (χ0v) is 8.29. The van der Waals surface area contributed by atoms with Gasteiger partial charge in [0.15, 0.2) is 0 Å². The van der Waals surface area contributed by atoms with Gasteiger partial charge < -0.3 is 5.11 Å². The second kappa shape index (κ2) is 4.42. The van der Waals surface area contributed by atoms with Crippen LogP contribution in [0.4, 0.5) is 0 Å². The van der Waals surface area contributed by atoms with Crippen LogP contribution in [-0.2, 0) is 4.79 Å². The van der Waals surface area contributed by atoms with Gasteiger partial charge in [0.05, 0.1) is 5.92 Å². The number of likely N-dealkylation sites (N-methyl/N-ethyl adjacent to an activating group) is 1. The van der Waals surface area contributed by atoms with Crippen molar-refractivity contribution in [3.63, 3.8) is 0 Å². The molecule has 1 aliphatic heterocycles. The molecule has 0 aliphatic carbocycles. The summed E-state index contributed by atoms with van der Waals surface area (Å²) in [6, 6.07) is 0. The van der Waals surface area contributed by atoms with Gasteiger partial charge in [-0.2, -0.15) is 0 Å². The van der Waals surface area contributed by atoms with E-state index in [4.69, 9.17) is 5.11 Å². The molecule has 13 heavy (non-hydrogen) atoms. The molecule has 1 aliphatic rings. The van der Waals surface area contributed by atoms with Gasteiger partial charge in [0.2, 0.25) is 0 Å². The fourth-order valence-corrected chi connectivity index (χ4v) is 1.58. The molecular weight excluding hydrogens is 166 g/mol. The van der Waals surface area contributed by atoms with E-state index in [0.717, 1.165) is 31.6 Å². The van der Waals surface area contributed by atoms with Gasteiger partial charge in [-0.25, -0.2) is 0 Å². The lowest BCUT2D eigenvalue weighted by atomic mass is 9.97. The molecule has 1 unspecified atom stereocenters. The van der Waals surface area contributed by atoms with E-state index in [1.165, 1.54) is 0 Å². The van der Waals surface area contributed by atoms with Gasteiger partial charge in [-0.3, -0.25) is 9.69 Å². The van der Waals surface area contributed by atoms with Gasteiger partial charge in [-0.1, -0.05) is 13.0 Å². The minimum absolute atomic E-state index is 0.325. The number of hydrogen-bond donors (Lipinski definition) is 1. The van der Waals surface area contributed by atoms with E-state index in [-0.39, 0.29) is 5.92 Å². The highest BCUT2D eigenvalue weighted by Crippen LogP contribution is 2.17. The normalized spacial score (nSPS) is 20.9. The molecule has 3 heteroatoms. The molecule has 1 N–H and O–H groups in total. The Hall–Kier alpha value is -0.830. The van der Waals surface area contributed by atoms with Crippen LogP contribution in [0.25, 0.3) is 0 Å². The summed E-state index contributed by atoms with van der Waals surface area (Å²) < 4.78 is 0. The lowest BCUT2D eigenvalue weighted by Gasteiger charge is -2.27. The lowest BCUT2D eigenvalue weighted by Crippen LogP contribution is -2.32. The number of carboxylic acid groups (broad SMARTS) is 1. The van der Waals surface area contributed by atoms with Crippen molar-refractivity contribution in [3.05, 3.63) is 11.6 Å². The first-order valence-electron chi connectivity index (χ1n) is 4.79. The van der Waals surface area contributed by atoms with E-state index < -0.39 is 5.97 Å². The summed E-state index contributed by atoms with van der Waals surface area (Å²) >= 11 is 0. The Morgan fingerprint density at radius 2 is 2.46 bits per heavy atom. The third-order valence-electron chi connectivity index (χ3n) is 2.63. The predicted molar refractivity (Wildman–Crippen MR) is 51.6 cm³/mol. The molecule has 0 saturated carbocycles. The summed E-state index contributed by atoms with van der Waals surface area (Å²) in [5.74, 6) is -1.04. The molecule has 1 atom stereocenters. The SMILES string of the molecule is CCN1CCC=C(C(C)C(=O)O)C1. The van der Waals surface area contributed by atoms with E-state index in [1.54, 1.807) is 6.92 Å². The van der Waals surface area contributed by atoms with Gasteiger partial charge in [0, 0.05) is 13.1 Å². The second-order valence-electron chi connectivity index (χ2n) is 3.50. The van der Waals surface area contributed by atoms with Crippen LogP contribution in [0.2, 0.25) is 0 Å². The Labute approximate surface area is 79.0 Å². The molecule has 0 bridgehead atoms. The summed E-state index contributed by atoms with van der Waals surface area (Å²) in [7, 11) is 0. The van der Waals surface area contributed by atoms with Gasteiger partial charge in [0.1, 0.15) is 0 Å². The van der Waals surface area contributed by atoms with Crippen LogP contribution < -0.4 is 0 Å². The summed E-state index contributed by atoms with van der Waals surface area (Å²) in [5.41, 5.74) is 1.06. The van der Waals surface area contributed by atoms with Crippen LogP contribution in [0.3, 0.4) is 0 Å². The first kappa shape index (κ1) is 10.3. The van der Waals surface area contributed by atoms with Crippen molar-refractivity contribution in [1.29, 1.82) is 0 Å². The largest absolute Gasteiger partial charge is 0.481 e. The van der Waals surface area contributed by atoms with Gasteiger partial charge in [-0.05, 0) is 25.5 Å². The van der Waals surface area contributed by atoms with Crippen molar-refractivity contribution >= 4 is 5.97 Å². The number of hydrogen-bond acceptors (Lipinski definition) is 2. The molecule has 0 aromatic rings. The molecule has 0 saturated heterocycles. The van der Waals surface area contributed by atoms with Crippen molar-refractivity contribution in [2.75, 3.05) is 19.6 Å². The van der Waals surface area contributed by atoms with Crippen LogP contribution in [0, 0.1) is 5.92 Å². The van der Waals surface area contributed by atoms with Crippen LogP contribution in [0.5, 0.6) is 0 Å². The third kappa shape index (κ3) is 2.56. The van der Waals surface area contributed by atoms with Gasteiger partial charge >= 0.3 is 5.97 Å². The Kier molecular flexibility index (Phi) is 3.48. The molecule has 74 valence electrons. The highest BCUT2D eigenvalue weighted by Gasteiger charge is 2.20. The van der Waals surface area contributed by atoms with E-state index in [2.05, 4.69) is 17.9 Å². The standard InChI is InChI=1S/C10H17NO2/c1-3-11-6-4-5-9(7-11)8(2)10(12)13/h5,8H,3-4,6-7H2,1-2H3,(H,12,13). The Bertz CT molecular complexity index is 223. The van der Waals surface area contributed by atoms with Crippen LogP contribution in [-0.4, -0.2) is 35.6 Å². The second-order valence-corrected chi connectivity index (χ2v) is 3.50. The van der Waals surface area contributed by atoms with Crippen molar-refractivity contribution in [3.8, 4) is 0 Å². The molecule has 0 aromatic carbocycles. The molecule has 3 nitrogen and oxygen atoms in total. The van der Waals surface area contributed by atoms with E-state index >= 15 is 0 Å².